The monoisotopic (exact) mass is 301 g/mol. The molecular formula is C17H19NO4. The Kier molecular flexibility index (Phi) is 4.35. The minimum absolute atomic E-state index is 0.0986. The predicted molar refractivity (Wildman–Crippen MR) is 84.0 cm³/mol. The van der Waals surface area contributed by atoms with E-state index in [9.17, 15) is 14.7 Å². The van der Waals surface area contributed by atoms with Crippen molar-refractivity contribution in [1.82, 2.24) is 5.32 Å². The summed E-state index contributed by atoms with van der Waals surface area (Å²) in [6, 6.07) is 10.8. The Morgan fingerprint density at radius 1 is 1.14 bits per heavy atom. The van der Waals surface area contributed by atoms with Crippen LogP contribution in [0.3, 0.4) is 0 Å². The molecule has 0 bridgehead atoms. The van der Waals surface area contributed by atoms with Crippen LogP contribution >= 0.6 is 0 Å². The highest BCUT2D eigenvalue weighted by molar-refractivity contribution is 6.05. The van der Waals surface area contributed by atoms with Gasteiger partial charge in [-0.25, -0.2) is 9.59 Å². The Morgan fingerprint density at radius 2 is 1.82 bits per heavy atom. The first-order valence-corrected chi connectivity index (χ1v) is 6.99. The fraction of sp³-hybridized carbons (Fsp3) is 0.294. The van der Waals surface area contributed by atoms with Gasteiger partial charge in [0.25, 0.3) is 0 Å². The van der Waals surface area contributed by atoms with Crippen molar-refractivity contribution in [2.45, 2.75) is 32.9 Å². The summed E-state index contributed by atoms with van der Waals surface area (Å²) in [6.07, 6.45) is -0.572. The molecule has 0 heterocycles. The summed E-state index contributed by atoms with van der Waals surface area (Å²) in [7, 11) is 0. The van der Waals surface area contributed by atoms with Gasteiger partial charge in [-0.05, 0) is 37.1 Å². The molecule has 0 atom stereocenters. The van der Waals surface area contributed by atoms with E-state index in [1.807, 2.05) is 18.2 Å². The molecule has 1 amide bonds. The third kappa shape index (κ3) is 3.75. The Hall–Kier alpha value is -2.56. The number of carboxylic acids is 1. The Balaban J connectivity index is 2.26. The van der Waals surface area contributed by atoms with Crippen molar-refractivity contribution in [3.05, 3.63) is 47.5 Å². The third-order valence-corrected chi connectivity index (χ3v) is 3.05. The number of hydrogen-bond donors (Lipinski definition) is 2. The van der Waals surface area contributed by atoms with Crippen LogP contribution < -0.4 is 5.32 Å². The lowest BCUT2D eigenvalue weighted by Crippen LogP contribution is -2.32. The van der Waals surface area contributed by atoms with Crippen LogP contribution in [-0.2, 0) is 11.3 Å². The average Bonchev–Trinajstić information content (AvgIpc) is 2.42. The summed E-state index contributed by atoms with van der Waals surface area (Å²) in [6.45, 7) is 5.41. The van der Waals surface area contributed by atoms with Crippen LogP contribution in [0.5, 0.6) is 0 Å². The predicted octanol–water partition coefficient (Wildman–Crippen LogP) is 3.56. The van der Waals surface area contributed by atoms with Crippen LogP contribution in [0, 0.1) is 0 Å². The first kappa shape index (κ1) is 15.8. The van der Waals surface area contributed by atoms with Gasteiger partial charge in [0.1, 0.15) is 5.60 Å². The highest BCUT2D eigenvalue weighted by Crippen LogP contribution is 2.22. The van der Waals surface area contributed by atoms with Crippen molar-refractivity contribution in [3.63, 3.8) is 0 Å². The number of rotatable bonds is 3. The van der Waals surface area contributed by atoms with Crippen LogP contribution in [-0.4, -0.2) is 22.8 Å². The Labute approximate surface area is 128 Å². The van der Waals surface area contributed by atoms with E-state index in [2.05, 4.69) is 5.32 Å². The SMILES string of the molecule is CC(C)(C)OC(=O)NCc1ccc2ccccc2c1C(=O)O. The molecule has 116 valence electrons. The van der Waals surface area contributed by atoms with Gasteiger partial charge in [0.05, 0.1) is 5.56 Å². The topological polar surface area (TPSA) is 75.6 Å². The molecule has 22 heavy (non-hydrogen) atoms. The molecule has 0 aliphatic rings. The number of carboxylic acid groups (broad SMARTS) is 1. The molecule has 2 aromatic rings. The number of benzene rings is 2. The maximum atomic E-state index is 11.7. The van der Waals surface area contributed by atoms with Crippen molar-refractivity contribution >= 4 is 22.8 Å². The lowest BCUT2D eigenvalue weighted by atomic mass is 9.99. The van der Waals surface area contributed by atoms with E-state index in [0.29, 0.717) is 10.9 Å². The maximum Gasteiger partial charge on any atom is 0.407 e. The summed E-state index contributed by atoms with van der Waals surface area (Å²) < 4.78 is 5.15. The van der Waals surface area contributed by atoms with Gasteiger partial charge in [-0.2, -0.15) is 0 Å². The normalized spacial score (nSPS) is 11.2. The van der Waals surface area contributed by atoms with E-state index in [1.165, 1.54) is 0 Å². The van der Waals surface area contributed by atoms with Gasteiger partial charge >= 0.3 is 12.1 Å². The highest BCUT2D eigenvalue weighted by Gasteiger charge is 2.18. The molecular weight excluding hydrogens is 282 g/mol. The standard InChI is InChI=1S/C17H19NO4/c1-17(2,3)22-16(21)18-10-12-9-8-11-6-4-5-7-13(11)14(12)15(19)20/h4-9H,10H2,1-3H3,(H,18,21)(H,19,20). The number of carbonyl (C=O) groups is 2. The van der Waals surface area contributed by atoms with Crippen molar-refractivity contribution in [3.8, 4) is 0 Å². The quantitative estimate of drug-likeness (QED) is 0.908. The van der Waals surface area contributed by atoms with Gasteiger partial charge in [-0.3, -0.25) is 0 Å². The minimum atomic E-state index is -1.02. The van der Waals surface area contributed by atoms with Crippen molar-refractivity contribution in [2.75, 3.05) is 0 Å². The number of ether oxygens (including phenoxy) is 1. The van der Waals surface area contributed by atoms with Gasteiger partial charge in [0, 0.05) is 6.54 Å². The molecule has 0 saturated carbocycles. The number of aromatic carboxylic acids is 1. The molecule has 2 rings (SSSR count). The molecule has 0 aromatic heterocycles. The number of amides is 1. The smallest absolute Gasteiger partial charge is 0.407 e. The van der Waals surface area contributed by atoms with Crippen LogP contribution in [0.15, 0.2) is 36.4 Å². The lowest BCUT2D eigenvalue weighted by Gasteiger charge is -2.20. The first-order chi connectivity index (χ1) is 10.3. The number of alkyl carbamates (subject to hydrolysis) is 1. The summed E-state index contributed by atoms with van der Waals surface area (Å²) in [4.78, 5) is 23.3. The van der Waals surface area contributed by atoms with Gasteiger partial charge < -0.3 is 15.2 Å². The molecule has 2 aromatic carbocycles. The maximum absolute atomic E-state index is 11.7. The highest BCUT2D eigenvalue weighted by atomic mass is 16.6. The minimum Gasteiger partial charge on any atom is -0.478 e. The average molecular weight is 301 g/mol. The van der Waals surface area contributed by atoms with Gasteiger partial charge in [-0.1, -0.05) is 36.4 Å². The van der Waals surface area contributed by atoms with Crippen molar-refractivity contribution in [2.24, 2.45) is 0 Å². The van der Waals surface area contributed by atoms with Gasteiger partial charge in [0.15, 0.2) is 0 Å². The molecule has 0 saturated heterocycles. The Bertz CT molecular complexity index is 716. The molecule has 5 heteroatoms. The van der Waals surface area contributed by atoms with E-state index in [0.717, 1.165) is 5.39 Å². The van der Waals surface area contributed by atoms with E-state index in [1.54, 1.807) is 39.0 Å². The lowest BCUT2D eigenvalue weighted by molar-refractivity contribution is 0.0521. The second-order valence-corrected chi connectivity index (χ2v) is 5.98. The zero-order valence-electron chi connectivity index (χ0n) is 12.8. The first-order valence-electron chi connectivity index (χ1n) is 6.99. The van der Waals surface area contributed by atoms with Crippen molar-refractivity contribution in [1.29, 1.82) is 0 Å². The van der Waals surface area contributed by atoms with Gasteiger partial charge in [-0.15, -0.1) is 0 Å². The molecule has 2 N–H and O–H groups in total. The molecule has 0 spiro atoms. The molecule has 5 nitrogen and oxygen atoms in total. The van der Waals surface area contributed by atoms with Crippen LogP contribution in [0.2, 0.25) is 0 Å². The van der Waals surface area contributed by atoms with E-state index in [-0.39, 0.29) is 12.1 Å². The zero-order valence-corrected chi connectivity index (χ0v) is 12.8. The van der Waals surface area contributed by atoms with Crippen molar-refractivity contribution < 1.29 is 19.4 Å². The van der Waals surface area contributed by atoms with E-state index < -0.39 is 17.7 Å². The third-order valence-electron chi connectivity index (χ3n) is 3.05. The van der Waals surface area contributed by atoms with Crippen LogP contribution in [0.4, 0.5) is 4.79 Å². The number of hydrogen-bond acceptors (Lipinski definition) is 3. The molecule has 0 aliphatic carbocycles. The molecule has 0 unspecified atom stereocenters. The molecule has 0 radical (unpaired) electrons. The largest absolute Gasteiger partial charge is 0.478 e. The number of fused-ring (bicyclic) bond motifs is 1. The fourth-order valence-corrected chi connectivity index (χ4v) is 2.20. The summed E-state index contributed by atoms with van der Waals surface area (Å²) in [5, 5.41) is 13.6. The summed E-state index contributed by atoms with van der Waals surface area (Å²) in [5.74, 6) is -1.02. The molecule has 0 aliphatic heterocycles. The second kappa shape index (κ2) is 6.05. The Morgan fingerprint density at radius 3 is 2.45 bits per heavy atom. The van der Waals surface area contributed by atoms with Crippen LogP contribution in [0.1, 0.15) is 36.7 Å². The van der Waals surface area contributed by atoms with E-state index >= 15 is 0 Å². The van der Waals surface area contributed by atoms with E-state index in [4.69, 9.17) is 4.74 Å². The summed E-state index contributed by atoms with van der Waals surface area (Å²) in [5.41, 5.74) is 0.148. The second-order valence-electron chi connectivity index (χ2n) is 5.98. The number of nitrogens with one attached hydrogen (secondary N) is 1. The fourth-order valence-electron chi connectivity index (χ4n) is 2.20. The zero-order chi connectivity index (χ0) is 16.3. The van der Waals surface area contributed by atoms with Gasteiger partial charge in [0.2, 0.25) is 0 Å². The molecule has 0 fully saturated rings. The summed E-state index contributed by atoms with van der Waals surface area (Å²) >= 11 is 0. The number of carbonyl (C=O) groups excluding carboxylic acids is 1. The van der Waals surface area contributed by atoms with Crippen LogP contribution in [0.25, 0.3) is 10.8 Å².